The van der Waals surface area contributed by atoms with Gasteiger partial charge in [-0.3, -0.25) is 9.63 Å². The summed E-state index contributed by atoms with van der Waals surface area (Å²) in [6.07, 6.45) is -5.67. The van der Waals surface area contributed by atoms with Crippen LogP contribution in [0.3, 0.4) is 0 Å². The lowest BCUT2D eigenvalue weighted by Crippen LogP contribution is -2.30. The minimum Gasteiger partial charge on any atom is -0.394 e. The number of halogens is 7. The number of hydrogen-bond acceptors (Lipinski definition) is 6. The van der Waals surface area contributed by atoms with Gasteiger partial charge in [0.1, 0.15) is 18.5 Å². The number of nitrogens with zero attached hydrogens (tertiary/aromatic N) is 1. The summed E-state index contributed by atoms with van der Waals surface area (Å²) < 4.78 is 66.4. The van der Waals surface area contributed by atoms with Crippen LogP contribution in [0.15, 0.2) is 18.3 Å². The van der Waals surface area contributed by atoms with E-state index in [0.29, 0.717) is 12.3 Å². The van der Waals surface area contributed by atoms with Crippen molar-refractivity contribution < 1.29 is 41.8 Å². The average Bonchev–Trinajstić information content (AvgIpc) is 2.68. The van der Waals surface area contributed by atoms with Gasteiger partial charge in [-0.25, -0.2) is 19.2 Å². The molecule has 1 atom stereocenters. The highest BCUT2D eigenvalue weighted by Crippen LogP contribution is 2.35. The molecule has 0 saturated carbocycles. The highest BCUT2D eigenvalue weighted by Gasteiger charge is 2.32. The maximum Gasteiger partial charge on any atom is 0.417 e. The molecule has 0 bridgehead atoms. The summed E-state index contributed by atoms with van der Waals surface area (Å²) in [4.78, 5) is 20.3. The molecule has 1 aromatic carbocycles. The molecule has 0 saturated heterocycles. The Bertz CT molecular complexity index is 946. The van der Waals surface area contributed by atoms with Crippen molar-refractivity contribution in [1.82, 2.24) is 10.5 Å². The van der Waals surface area contributed by atoms with Crippen molar-refractivity contribution in [3.8, 4) is 0 Å². The largest absolute Gasteiger partial charge is 0.417 e. The van der Waals surface area contributed by atoms with E-state index in [0.717, 1.165) is 6.07 Å². The maximum absolute atomic E-state index is 14.4. The fourth-order valence-corrected chi connectivity index (χ4v) is 2.42. The Balaban J connectivity index is 2.37. The second-order valence-electron chi connectivity index (χ2n) is 5.66. The predicted molar refractivity (Wildman–Crippen MR) is 95.4 cm³/mol. The number of hydroxylamine groups is 1. The Labute approximate surface area is 175 Å². The van der Waals surface area contributed by atoms with E-state index in [4.69, 9.17) is 33.4 Å². The van der Waals surface area contributed by atoms with Gasteiger partial charge in [-0.2, -0.15) is 13.2 Å². The van der Waals surface area contributed by atoms with Gasteiger partial charge in [0.05, 0.1) is 33.5 Å². The SMILES string of the molecule is O=C(NOCC(O)CO)c1cc(Cl)c(F)c(F)c1Nc1ncc(C(F)(F)F)cc1Cl. The lowest BCUT2D eigenvalue weighted by Gasteiger charge is -2.16. The Morgan fingerprint density at radius 2 is 1.87 bits per heavy atom. The van der Waals surface area contributed by atoms with Crippen LogP contribution in [-0.2, 0) is 11.0 Å². The number of rotatable bonds is 7. The lowest BCUT2D eigenvalue weighted by atomic mass is 10.1. The number of carbonyl (C=O) groups is 1. The molecule has 0 aliphatic carbocycles. The molecular weight excluding hydrogens is 464 g/mol. The lowest BCUT2D eigenvalue weighted by molar-refractivity contribution is -0.137. The molecular formula is C16H12Cl2F5N3O4. The molecule has 0 aliphatic heterocycles. The monoisotopic (exact) mass is 475 g/mol. The molecule has 0 fully saturated rings. The van der Waals surface area contributed by atoms with Gasteiger partial charge in [-0.15, -0.1) is 0 Å². The van der Waals surface area contributed by atoms with E-state index in [1.54, 1.807) is 0 Å². The Morgan fingerprint density at radius 3 is 2.43 bits per heavy atom. The summed E-state index contributed by atoms with van der Waals surface area (Å²) >= 11 is 11.3. The van der Waals surface area contributed by atoms with Gasteiger partial charge >= 0.3 is 6.18 Å². The van der Waals surface area contributed by atoms with E-state index >= 15 is 0 Å². The van der Waals surface area contributed by atoms with Crippen LogP contribution in [0.25, 0.3) is 0 Å². The van der Waals surface area contributed by atoms with Gasteiger partial charge in [0.2, 0.25) is 0 Å². The Hall–Kier alpha value is -2.25. The van der Waals surface area contributed by atoms with Crippen LogP contribution in [0, 0.1) is 11.6 Å². The normalized spacial score (nSPS) is 12.6. The molecule has 0 radical (unpaired) electrons. The third kappa shape index (κ3) is 5.67. The fraction of sp³-hybridized carbons (Fsp3) is 0.250. The number of pyridine rings is 1. The van der Waals surface area contributed by atoms with Gasteiger partial charge in [-0.05, 0) is 12.1 Å². The van der Waals surface area contributed by atoms with Crippen molar-refractivity contribution in [1.29, 1.82) is 0 Å². The third-order valence-corrected chi connectivity index (χ3v) is 4.03. The number of benzene rings is 1. The molecule has 1 aromatic heterocycles. The number of hydrogen-bond donors (Lipinski definition) is 4. The van der Waals surface area contributed by atoms with E-state index in [9.17, 15) is 26.7 Å². The highest BCUT2D eigenvalue weighted by molar-refractivity contribution is 6.33. The van der Waals surface area contributed by atoms with Crippen molar-refractivity contribution in [3.05, 3.63) is 51.1 Å². The maximum atomic E-state index is 14.4. The predicted octanol–water partition coefficient (Wildman–Crippen LogP) is 3.44. The molecule has 1 heterocycles. The van der Waals surface area contributed by atoms with Gasteiger partial charge in [-0.1, -0.05) is 23.2 Å². The zero-order valence-corrected chi connectivity index (χ0v) is 16.0. The molecule has 2 rings (SSSR count). The number of aliphatic hydroxyl groups excluding tert-OH is 2. The van der Waals surface area contributed by atoms with Crippen LogP contribution < -0.4 is 10.8 Å². The first-order valence-corrected chi connectivity index (χ1v) is 8.59. The smallest absolute Gasteiger partial charge is 0.394 e. The van der Waals surface area contributed by atoms with Crippen LogP contribution in [0.4, 0.5) is 33.5 Å². The van der Waals surface area contributed by atoms with Crippen LogP contribution in [0.2, 0.25) is 10.0 Å². The molecule has 1 unspecified atom stereocenters. The number of amides is 1. The Morgan fingerprint density at radius 1 is 1.20 bits per heavy atom. The molecule has 4 N–H and O–H groups in total. The molecule has 0 aliphatic rings. The second kappa shape index (κ2) is 9.71. The van der Waals surface area contributed by atoms with E-state index in [1.807, 2.05) is 5.48 Å². The first-order chi connectivity index (χ1) is 14.0. The molecule has 2 aromatic rings. The number of aliphatic hydroxyl groups is 2. The van der Waals surface area contributed by atoms with Crippen molar-refractivity contribution in [2.45, 2.75) is 12.3 Å². The average molecular weight is 476 g/mol. The minimum absolute atomic E-state index is 0.400. The number of carbonyl (C=O) groups excluding carboxylic acids is 1. The number of aromatic nitrogens is 1. The molecule has 164 valence electrons. The van der Waals surface area contributed by atoms with Gasteiger partial charge in [0, 0.05) is 6.20 Å². The zero-order valence-electron chi connectivity index (χ0n) is 14.5. The second-order valence-corrected chi connectivity index (χ2v) is 6.48. The zero-order chi connectivity index (χ0) is 22.6. The quantitative estimate of drug-likeness (QED) is 0.278. The van der Waals surface area contributed by atoms with E-state index in [2.05, 4.69) is 15.1 Å². The van der Waals surface area contributed by atoms with E-state index in [1.165, 1.54) is 0 Å². The van der Waals surface area contributed by atoms with Crippen molar-refractivity contribution in [3.63, 3.8) is 0 Å². The molecule has 1 amide bonds. The summed E-state index contributed by atoms with van der Waals surface area (Å²) in [7, 11) is 0. The number of alkyl halides is 3. The van der Waals surface area contributed by atoms with Crippen LogP contribution in [0.1, 0.15) is 15.9 Å². The topological polar surface area (TPSA) is 104 Å². The van der Waals surface area contributed by atoms with Gasteiger partial charge in [0.15, 0.2) is 11.6 Å². The standard InChI is InChI=1S/C16H12Cl2F5N3O4/c17-9-2-8(15(29)26-30-5-7(28)4-27)13(12(20)11(9)19)25-14-10(18)1-6(3-24-14)16(21,22)23/h1-3,7,27-28H,4-5H2,(H,24,25)(H,26,29). The van der Waals surface area contributed by atoms with Crippen molar-refractivity contribution >= 4 is 40.6 Å². The summed E-state index contributed by atoms with van der Waals surface area (Å²) in [6.45, 7) is -1.20. The van der Waals surface area contributed by atoms with Crippen molar-refractivity contribution in [2.24, 2.45) is 0 Å². The molecule has 14 heteroatoms. The van der Waals surface area contributed by atoms with Crippen LogP contribution in [-0.4, -0.2) is 40.4 Å². The molecule has 30 heavy (non-hydrogen) atoms. The summed E-state index contributed by atoms with van der Waals surface area (Å²) in [5, 5.41) is 18.6. The van der Waals surface area contributed by atoms with Crippen LogP contribution in [0.5, 0.6) is 0 Å². The first kappa shape index (κ1) is 24.0. The van der Waals surface area contributed by atoms with Crippen molar-refractivity contribution in [2.75, 3.05) is 18.5 Å². The van der Waals surface area contributed by atoms with Gasteiger partial charge in [0.25, 0.3) is 5.91 Å². The molecule has 7 nitrogen and oxygen atoms in total. The first-order valence-electron chi connectivity index (χ1n) is 7.84. The van der Waals surface area contributed by atoms with E-state index in [-0.39, 0.29) is 0 Å². The highest BCUT2D eigenvalue weighted by atomic mass is 35.5. The summed E-state index contributed by atoms with van der Waals surface area (Å²) in [5.41, 5.74) is -0.831. The summed E-state index contributed by atoms with van der Waals surface area (Å²) in [5.74, 6) is -4.85. The Kier molecular flexibility index (Phi) is 7.77. The third-order valence-electron chi connectivity index (χ3n) is 3.47. The van der Waals surface area contributed by atoms with Crippen LogP contribution >= 0.6 is 23.2 Å². The van der Waals surface area contributed by atoms with Gasteiger partial charge < -0.3 is 15.5 Å². The number of anilines is 2. The number of nitrogens with one attached hydrogen (secondary N) is 2. The summed E-state index contributed by atoms with van der Waals surface area (Å²) in [6, 6.07) is 1.22. The fourth-order valence-electron chi connectivity index (χ4n) is 2.01. The molecule has 0 spiro atoms. The minimum atomic E-state index is -4.74. The van der Waals surface area contributed by atoms with E-state index < -0.39 is 75.7 Å².